The number of aromatic amines is 1. The molecule has 2 heterocycles. The highest BCUT2D eigenvalue weighted by Crippen LogP contribution is 2.43. The molecule has 2 aromatic heterocycles. The molecule has 0 spiro atoms. The number of benzene rings is 1. The van der Waals surface area contributed by atoms with E-state index in [-0.39, 0.29) is 11.6 Å². The third-order valence-electron chi connectivity index (χ3n) is 4.51. The van der Waals surface area contributed by atoms with Crippen LogP contribution in [0.5, 0.6) is 5.88 Å². The molecule has 1 aliphatic carbocycles. The maximum atomic E-state index is 11.1. The van der Waals surface area contributed by atoms with Crippen LogP contribution in [0.1, 0.15) is 24.0 Å². The summed E-state index contributed by atoms with van der Waals surface area (Å²) in [5, 5.41) is 14.0. The van der Waals surface area contributed by atoms with Crippen LogP contribution in [0.25, 0.3) is 22.0 Å². The van der Waals surface area contributed by atoms with Gasteiger partial charge in [-0.05, 0) is 65.7 Å². The van der Waals surface area contributed by atoms with Crippen LogP contribution in [0.3, 0.4) is 0 Å². The summed E-state index contributed by atoms with van der Waals surface area (Å²) in [4.78, 5) is 18.2. The van der Waals surface area contributed by atoms with Crippen LogP contribution in [0.15, 0.2) is 29.6 Å². The van der Waals surface area contributed by atoms with E-state index < -0.39 is 0 Å². The van der Waals surface area contributed by atoms with Crippen molar-refractivity contribution in [3.05, 3.63) is 45.6 Å². The van der Waals surface area contributed by atoms with Gasteiger partial charge in [-0.3, -0.25) is 0 Å². The van der Waals surface area contributed by atoms with Crippen molar-refractivity contribution in [2.75, 3.05) is 0 Å². The molecule has 0 saturated heterocycles. The molecule has 5 nitrogen and oxygen atoms in total. The van der Waals surface area contributed by atoms with Crippen LogP contribution >= 0.6 is 11.6 Å². The van der Waals surface area contributed by atoms with Crippen molar-refractivity contribution < 1.29 is 5.11 Å². The van der Waals surface area contributed by atoms with Gasteiger partial charge < -0.3 is 10.1 Å². The van der Waals surface area contributed by atoms with Crippen molar-refractivity contribution in [2.24, 2.45) is 5.18 Å². The van der Waals surface area contributed by atoms with Crippen molar-refractivity contribution in [1.82, 2.24) is 9.97 Å². The number of fused-ring (bicyclic) bond motifs is 3. The number of hydrogen-bond donors (Lipinski definition) is 2. The fourth-order valence-electron chi connectivity index (χ4n) is 3.46. The van der Waals surface area contributed by atoms with Gasteiger partial charge in [-0.1, -0.05) is 11.6 Å². The van der Waals surface area contributed by atoms with Gasteiger partial charge in [0.05, 0.1) is 5.52 Å². The summed E-state index contributed by atoms with van der Waals surface area (Å²) >= 11 is 5.88. The molecular weight excluding hydrogens is 314 g/mol. The Morgan fingerprint density at radius 1 is 1.22 bits per heavy atom. The lowest BCUT2D eigenvalue weighted by Gasteiger charge is -2.20. The van der Waals surface area contributed by atoms with E-state index in [4.69, 9.17) is 11.6 Å². The molecule has 1 aromatic carbocycles. The van der Waals surface area contributed by atoms with Gasteiger partial charge in [-0.25, -0.2) is 4.98 Å². The number of aromatic hydroxyl groups is 1. The number of H-pyrrole nitrogens is 1. The fourth-order valence-corrected chi connectivity index (χ4v) is 3.58. The first-order valence-electron chi connectivity index (χ1n) is 7.53. The second kappa shape index (κ2) is 5.35. The zero-order chi connectivity index (χ0) is 16.0. The molecule has 2 N–H and O–H groups in total. The van der Waals surface area contributed by atoms with E-state index in [0.717, 1.165) is 47.9 Å². The van der Waals surface area contributed by atoms with Crippen LogP contribution in [0.4, 0.5) is 5.69 Å². The van der Waals surface area contributed by atoms with Gasteiger partial charge in [0.15, 0.2) is 5.69 Å². The Bertz CT molecular complexity index is 916. The lowest BCUT2D eigenvalue weighted by atomic mass is 9.84. The molecule has 6 heteroatoms. The highest BCUT2D eigenvalue weighted by atomic mass is 35.5. The number of nitrogens with one attached hydrogen (secondary N) is 1. The van der Waals surface area contributed by atoms with E-state index >= 15 is 0 Å². The topological polar surface area (TPSA) is 78.3 Å². The summed E-state index contributed by atoms with van der Waals surface area (Å²) in [7, 11) is 0. The predicted octanol–water partition coefficient (Wildman–Crippen LogP) is 4.87. The van der Waals surface area contributed by atoms with Crippen molar-refractivity contribution in [2.45, 2.75) is 25.7 Å². The molecule has 0 amide bonds. The van der Waals surface area contributed by atoms with Crippen LogP contribution in [0.2, 0.25) is 5.15 Å². The third-order valence-corrected chi connectivity index (χ3v) is 4.73. The van der Waals surface area contributed by atoms with Crippen LogP contribution < -0.4 is 0 Å². The van der Waals surface area contributed by atoms with Crippen LogP contribution in [-0.2, 0) is 12.8 Å². The number of rotatable bonds is 2. The van der Waals surface area contributed by atoms with Gasteiger partial charge in [0.25, 0.3) is 0 Å². The van der Waals surface area contributed by atoms with Gasteiger partial charge in [0, 0.05) is 17.1 Å². The third kappa shape index (κ3) is 2.19. The number of hydrogen-bond acceptors (Lipinski definition) is 4. The molecule has 4 rings (SSSR count). The highest BCUT2D eigenvalue weighted by Gasteiger charge is 2.22. The minimum atomic E-state index is -0.172. The van der Waals surface area contributed by atoms with E-state index in [1.807, 2.05) is 12.1 Å². The molecule has 0 atom stereocenters. The van der Waals surface area contributed by atoms with E-state index in [1.54, 1.807) is 12.3 Å². The van der Waals surface area contributed by atoms with Gasteiger partial charge in [-0.15, -0.1) is 4.91 Å². The quantitative estimate of drug-likeness (QED) is 0.521. The molecule has 0 fully saturated rings. The molecule has 0 radical (unpaired) electrons. The lowest BCUT2D eigenvalue weighted by Crippen LogP contribution is -2.05. The second-order valence-electron chi connectivity index (χ2n) is 5.79. The van der Waals surface area contributed by atoms with E-state index in [0.29, 0.717) is 10.5 Å². The van der Waals surface area contributed by atoms with E-state index in [2.05, 4.69) is 15.1 Å². The van der Waals surface area contributed by atoms with Crippen LogP contribution in [0, 0.1) is 4.91 Å². The summed E-state index contributed by atoms with van der Waals surface area (Å²) in [6.45, 7) is 0. The number of aryl methyl sites for hydroxylation is 1. The second-order valence-corrected chi connectivity index (χ2v) is 6.18. The summed E-state index contributed by atoms with van der Waals surface area (Å²) in [5.74, 6) is -0.172. The molecule has 0 bridgehead atoms. The minimum Gasteiger partial charge on any atom is -0.493 e. The Labute approximate surface area is 137 Å². The molecule has 0 unspecified atom stereocenters. The monoisotopic (exact) mass is 327 g/mol. The van der Waals surface area contributed by atoms with Crippen molar-refractivity contribution in [3.63, 3.8) is 0 Å². The Hall–Kier alpha value is -2.40. The number of nitrogens with zero attached hydrogens (tertiary/aromatic N) is 2. The minimum absolute atomic E-state index is 0.0662. The van der Waals surface area contributed by atoms with Crippen molar-refractivity contribution in [3.8, 4) is 17.0 Å². The van der Waals surface area contributed by atoms with Gasteiger partial charge in [0.1, 0.15) is 5.15 Å². The van der Waals surface area contributed by atoms with E-state index in [1.165, 1.54) is 5.56 Å². The van der Waals surface area contributed by atoms with Gasteiger partial charge in [0.2, 0.25) is 5.88 Å². The molecule has 116 valence electrons. The first kappa shape index (κ1) is 14.2. The summed E-state index contributed by atoms with van der Waals surface area (Å²) < 4.78 is 0. The standard InChI is InChI=1S/C17H14ClN3O2/c18-14-6-5-9(8-19-14)12-7-13-15(20-17(22)16(13)21-23)11-4-2-1-3-10(11)12/h5-8,20,22H,1-4H2. The fraction of sp³-hybridized carbons (Fsp3) is 0.235. The van der Waals surface area contributed by atoms with E-state index in [9.17, 15) is 10.0 Å². The Balaban J connectivity index is 2.06. The summed E-state index contributed by atoms with van der Waals surface area (Å²) in [6, 6.07) is 5.59. The van der Waals surface area contributed by atoms with Gasteiger partial charge >= 0.3 is 0 Å². The molecular formula is C17H14ClN3O2. The number of nitroso groups, excluding NO2 is 1. The normalized spacial score (nSPS) is 14.0. The number of aromatic nitrogens is 2. The zero-order valence-corrected chi connectivity index (χ0v) is 13.0. The Morgan fingerprint density at radius 3 is 2.70 bits per heavy atom. The van der Waals surface area contributed by atoms with Gasteiger partial charge in [-0.2, -0.15) is 0 Å². The molecule has 0 aliphatic heterocycles. The summed E-state index contributed by atoms with van der Waals surface area (Å²) in [6.07, 6.45) is 5.83. The van der Waals surface area contributed by atoms with Crippen molar-refractivity contribution >= 4 is 28.2 Å². The average molecular weight is 328 g/mol. The number of pyridine rings is 1. The SMILES string of the molecule is O=Nc1c(O)[nH]c2c3c(c(-c4ccc(Cl)nc4)cc12)CCCC3. The molecule has 0 saturated carbocycles. The Kier molecular flexibility index (Phi) is 3.31. The molecule has 23 heavy (non-hydrogen) atoms. The summed E-state index contributed by atoms with van der Waals surface area (Å²) in [5.41, 5.74) is 5.26. The number of halogens is 1. The zero-order valence-electron chi connectivity index (χ0n) is 12.3. The molecule has 1 aliphatic rings. The smallest absolute Gasteiger partial charge is 0.219 e. The predicted molar refractivity (Wildman–Crippen MR) is 90.3 cm³/mol. The Morgan fingerprint density at radius 2 is 2.00 bits per heavy atom. The largest absolute Gasteiger partial charge is 0.493 e. The lowest BCUT2D eigenvalue weighted by molar-refractivity contribution is 0.460. The highest BCUT2D eigenvalue weighted by molar-refractivity contribution is 6.29. The van der Waals surface area contributed by atoms with Crippen molar-refractivity contribution in [1.29, 1.82) is 0 Å². The first-order chi connectivity index (χ1) is 11.2. The maximum Gasteiger partial charge on any atom is 0.219 e. The average Bonchev–Trinajstić information content (AvgIpc) is 2.90. The molecule has 3 aromatic rings. The van der Waals surface area contributed by atoms with Crippen LogP contribution in [-0.4, -0.2) is 15.1 Å². The maximum absolute atomic E-state index is 11.1. The first-order valence-corrected chi connectivity index (χ1v) is 7.91.